The maximum absolute atomic E-state index is 13.8. The molecular weight excluding hydrogens is 412 g/mol. The zero-order chi connectivity index (χ0) is 22.7. The molecule has 2 aromatic carbocycles. The number of halogens is 2. The molecule has 6 nitrogen and oxygen atoms in total. The molecule has 1 aromatic heterocycles. The van der Waals surface area contributed by atoms with E-state index in [0.717, 1.165) is 43.4 Å². The number of amides is 1. The summed E-state index contributed by atoms with van der Waals surface area (Å²) in [5, 5.41) is 6.81. The van der Waals surface area contributed by atoms with E-state index in [4.69, 9.17) is 0 Å². The van der Waals surface area contributed by atoms with E-state index < -0.39 is 11.6 Å². The van der Waals surface area contributed by atoms with Crippen molar-refractivity contribution in [2.75, 3.05) is 24.3 Å². The highest BCUT2D eigenvalue weighted by Gasteiger charge is 2.27. The van der Waals surface area contributed by atoms with E-state index in [-0.39, 0.29) is 17.9 Å². The standard InChI is InChI=1S/C24H27F2N5O/c1-31(2)22-18-12-19(25)20(26)13-21(18)29-24(30-22)28-17-10-8-16(9-11-17)23(32)27-14-15-6-4-3-5-7-15/h3-7,12-13,16-17H,8-11,14H2,1-2H3,(H,27,32)(H,28,29,30). The normalized spacial score (nSPS) is 18.4. The molecule has 3 aromatic rings. The molecule has 0 atom stereocenters. The zero-order valence-electron chi connectivity index (χ0n) is 18.2. The molecule has 0 radical (unpaired) electrons. The Morgan fingerprint density at radius 2 is 1.72 bits per heavy atom. The second-order valence-corrected chi connectivity index (χ2v) is 8.45. The summed E-state index contributed by atoms with van der Waals surface area (Å²) in [5.74, 6) is -0.887. The summed E-state index contributed by atoms with van der Waals surface area (Å²) in [6.07, 6.45) is 3.15. The van der Waals surface area contributed by atoms with Crippen LogP contribution >= 0.6 is 0 Å². The van der Waals surface area contributed by atoms with E-state index >= 15 is 0 Å². The number of aromatic nitrogens is 2. The van der Waals surface area contributed by atoms with Gasteiger partial charge in [-0.25, -0.2) is 13.8 Å². The van der Waals surface area contributed by atoms with Crippen molar-refractivity contribution in [2.45, 2.75) is 38.3 Å². The first-order valence-corrected chi connectivity index (χ1v) is 10.8. The van der Waals surface area contributed by atoms with Crippen LogP contribution in [0.25, 0.3) is 10.9 Å². The monoisotopic (exact) mass is 439 g/mol. The lowest BCUT2D eigenvalue weighted by molar-refractivity contribution is -0.126. The van der Waals surface area contributed by atoms with Gasteiger partial charge in [-0.05, 0) is 37.3 Å². The van der Waals surface area contributed by atoms with Crippen molar-refractivity contribution < 1.29 is 13.6 Å². The van der Waals surface area contributed by atoms with Crippen LogP contribution in [-0.2, 0) is 11.3 Å². The second kappa shape index (κ2) is 9.46. The van der Waals surface area contributed by atoms with Crippen molar-refractivity contribution in [1.82, 2.24) is 15.3 Å². The highest BCUT2D eigenvalue weighted by Crippen LogP contribution is 2.29. The highest BCUT2D eigenvalue weighted by molar-refractivity contribution is 5.90. The Bertz CT molecular complexity index is 1100. The van der Waals surface area contributed by atoms with Crippen LogP contribution in [0, 0.1) is 17.6 Å². The quantitative estimate of drug-likeness (QED) is 0.601. The Morgan fingerprint density at radius 3 is 2.41 bits per heavy atom. The number of carbonyl (C=O) groups is 1. The summed E-state index contributed by atoms with van der Waals surface area (Å²) in [6.45, 7) is 0.535. The fourth-order valence-corrected chi connectivity index (χ4v) is 4.12. The van der Waals surface area contributed by atoms with Gasteiger partial charge in [0.1, 0.15) is 5.82 Å². The Kier molecular flexibility index (Phi) is 6.48. The van der Waals surface area contributed by atoms with Crippen molar-refractivity contribution >= 4 is 28.6 Å². The minimum absolute atomic E-state index is 0.0105. The van der Waals surface area contributed by atoms with Crippen LogP contribution in [0.5, 0.6) is 0 Å². The van der Waals surface area contributed by atoms with Gasteiger partial charge in [-0.15, -0.1) is 0 Å². The number of hydrogen-bond acceptors (Lipinski definition) is 5. The smallest absolute Gasteiger partial charge is 0.225 e. The van der Waals surface area contributed by atoms with Crippen molar-refractivity contribution in [3.8, 4) is 0 Å². The minimum Gasteiger partial charge on any atom is -0.362 e. The molecule has 1 heterocycles. The molecule has 168 valence electrons. The SMILES string of the molecule is CN(C)c1nc(NC2CCC(C(=O)NCc3ccccc3)CC2)nc2cc(F)c(F)cc12. The predicted molar refractivity (Wildman–Crippen MR) is 121 cm³/mol. The summed E-state index contributed by atoms with van der Waals surface area (Å²) in [7, 11) is 3.60. The summed E-state index contributed by atoms with van der Waals surface area (Å²) >= 11 is 0. The van der Waals surface area contributed by atoms with Gasteiger partial charge in [0.05, 0.1) is 5.52 Å². The molecule has 0 saturated heterocycles. The Balaban J connectivity index is 1.38. The van der Waals surface area contributed by atoms with Gasteiger partial charge in [0.15, 0.2) is 11.6 Å². The number of hydrogen-bond donors (Lipinski definition) is 2. The number of anilines is 2. The Labute approximate surface area is 186 Å². The van der Waals surface area contributed by atoms with Gasteiger partial charge in [0.2, 0.25) is 11.9 Å². The van der Waals surface area contributed by atoms with Gasteiger partial charge >= 0.3 is 0 Å². The fraction of sp³-hybridized carbons (Fsp3) is 0.375. The van der Waals surface area contributed by atoms with Crippen LogP contribution in [0.1, 0.15) is 31.2 Å². The average molecular weight is 440 g/mol. The molecule has 2 N–H and O–H groups in total. The molecule has 1 aliphatic carbocycles. The van der Waals surface area contributed by atoms with Gasteiger partial charge in [0, 0.05) is 44.1 Å². The molecule has 1 fully saturated rings. The maximum Gasteiger partial charge on any atom is 0.225 e. The third-order valence-electron chi connectivity index (χ3n) is 5.88. The largest absolute Gasteiger partial charge is 0.362 e. The number of benzene rings is 2. The van der Waals surface area contributed by atoms with E-state index in [0.29, 0.717) is 29.2 Å². The molecular formula is C24H27F2N5O. The lowest BCUT2D eigenvalue weighted by Crippen LogP contribution is -2.35. The number of rotatable bonds is 6. The summed E-state index contributed by atoms with van der Waals surface area (Å²) in [5.41, 5.74) is 1.43. The summed E-state index contributed by atoms with van der Waals surface area (Å²) in [6, 6.07) is 12.2. The van der Waals surface area contributed by atoms with Gasteiger partial charge in [-0.2, -0.15) is 4.98 Å². The van der Waals surface area contributed by atoms with Crippen molar-refractivity contribution in [3.05, 3.63) is 59.7 Å². The van der Waals surface area contributed by atoms with Gasteiger partial charge in [-0.3, -0.25) is 4.79 Å². The lowest BCUT2D eigenvalue weighted by atomic mass is 9.85. The molecule has 1 saturated carbocycles. The van der Waals surface area contributed by atoms with E-state index in [2.05, 4.69) is 20.6 Å². The van der Waals surface area contributed by atoms with Crippen LogP contribution in [0.3, 0.4) is 0 Å². The second-order valence-electron chi connectivity index (χ2n) is 8.45. The minimum atomic E-state index is -0.936. The number of nitrogens with one attached hydrogen (secondary N) is 2. The molecule has 0 unspecified atom stereocenters. The third kappa shape index (κ3) is 4.95. The molecule has 1 aliphatic rings. The average Bonchev–Trinajstić information content (AvgIpc) is 2.79. The molecule has 0 bridgehead atoms. The predicted octanol–water partition coefficient (Wildman–Crippen LogP) is 4.26. The fourth-order valence-electron chi connectivity index (χ4n) is 4.12. The molecule has 32 heavy (non-hydrogen) atoms. The number of nitrogens with zero attached hydrogens (tertiary/aromatic N) is 3. The lowest BCUT2D eigenvalue weighted by Gasteiger charge is -2.28. The number of carbonyl (C=O) groups excluding carboxylic acids is 1. The zero-order valence-corrected chi connectivity index (χ0v) is 18.2. The van der Waals surface area contributed by atoms with Crippen LogP contribution in [0.15, 0.2) is 42.5 Å². The van der Waals surface area contributed by atoms with E-state index in [9.17, 15) is 13.6 Å². The van der Waals surface area contributed by atoms with Gasteiger partial charge in [-0.1, -0.05) is 30.3 Å². The van der Waals surface area contributed by atoms with E-state index in [1.807, 2.05) is 30.3 Å². The Hall–Kier alpha value is -3.29. The van der Waals surface area contributed by atoms with Crippen molar-refractivity contribution in [2.24, 2.45) is 5.92 Å². The first kappa shape index (κ1) is 21.9. The maximum atomic E-state index is 13.8. The first-order chi connectivity index (χ1) is 15.4. The molecule has 8 heteroatoms. The van der Waals surface area contributed by atoms with Crippen LogP contribution in [0.4, 0.5) is 20.5 Å². The van der Waals surface area contributed by atoms with Crippen LogP contribution < -0.4 is 15.5 Å². The highest BCUT2D eigenvalue weighted by atomic mass is 19.2. The van der Waals surface area contributed by atoms with Crippen LogP contribution in [0.2, 0.25) is 0 Å². The molecule has 0 spiro atoms. The van der Waals surface area contributed by atoms with Crippen LogP contribution in [-0.4, -0.2) is 36.0 Å². The summed E-state index contributed by atoms with van der Waals surface area (Å²) < 4.78 is 27.5. The van der Waals surface area contributed by atoms with Crippen molar-refractivity contribution in [1.29, 1.82) is 0 Å². The van der Waals surface area contributed by atoms with E-state index in [1.165, 1.54) is 0 Å². The van der Waals surface area contributed by atoms with Gasteiger partial charge in [0.25, 0.3) is 0 Å². The van der Waals surface area contributed by atoms with Gasteiger partial charge < -0.3 is 15.5 Å². The number of fused-ring (bicyclic) bond motifs is 1. The Morgan fingerprint density at radius 1 is 1.03 bits per heavy atom. The topological polar surface area (TPSA) is 70.2 Å². The van der Waals surface area contributed by atoms with Crippen molar-refractivity contribution in [3.63, 3.8) is 0 Å². The molecule has 4 rings (SSSR count). The summed E-state index contributed by atoms with van der Waals surface area (Å²) in [4.78, 5) is 23.2. The third-order valence-corrected chi connectivity index (χ3v) is 5.88. The first-order valence-electron chi connectivity index (χ1n) is 10.8. The molecule has 0 aliphatic heterocycles. The molecule has 1 amide bonds. The van der Waals surface area contributed by atoms with E-state index in [1.54, 1.807) is 19.0 Å².